The van der Waals surface area contributed by atoms with Crippen molar-refractivity contribution in [3.63, 3.8) is 0 Å². The van der Waals surface area contributed by atoms with Crippen LogP contribution in [0, 0.1) is 0 Å². The molecule has 1 aliphatic rings. The Kier molecular flexibility index (Phi) is 6.71. The number of hydrogen-bond acceptors (Lipinski definition) is 4. The van der Waals surface area contributed by atoms with Crippen LogP contribution in [0.2, 0.25) is 0 Å². The van der Waals surface area contributed by atoms with Gasteiger partial charge in [-0.2, -0.15) is 0 Å². The highest BCUT2D eigenvalue weighted by Gasteiger charge is 2.14. The van der Waals surface area contributed by atoms with E-state index in [1.165, 1.54) is 17.5 Å². The van der Waals surface area contributed by atoms with Crippen molar-refractivity contribution in [2.45, 2.75) is 31.9 Å². The molecule has 0 aliphatic carbocycles. The first-order valence-corrected chi connectivity index (χ1v) is 9.01. The van der Waals surface area contributed by atoms with Crippen LogP contribution in [0.15, 0.2) is 48.5 Å². The van der Waals surface area contributed by atoms with E-state index in [-0.39, 0.29) is 0 Å². The minimum absolute atomic E-state index is 0.363. The van der Waals surface area contributed by atoms with E-state index in [1.54, 1.807) is 7.11 Å². The molecule has 25 heavy (non-hydrogen) atoms. The molecule has 2 aromatic rings. The van der Waals surface area contributed by atoms with Crippen LogP contribution >= 0.6 is 0 Å². The average Bonchev–Trinajstić information content (AvgIpc) is 3.17. The first-order chi connectivity index (χ1) is 12.3. The molecule has 0 amide bonds. The van der Waals surface area contributed by atoms with E-state index in [1.807, 2.05) is 30.3 Å². The van der Waals surface area contributed by atoms with Crippen LogP contribution in [0.4, 0.5) is 0 Å². The Morgan fingerprint density at radius 2 is 1.96 bits per heavy atom. The molecule has 0 unspecified atom stereocenters. The van der Waals surface area contributed by atoms with E-state index in [0.29, 0.717) is 12.7 Å². The van der Waals surface area contributed by atoms with Gasteiger partial charge in [-0.15, -0.1) is 0 Å². The molecule has 0 aromatic heterocycles. The molecule has 1 atom stereocenters. The van der Waals surface area contributed by atoms with Crippen LogP contribution in [-0.2, 0) is 17.7 Å². The van der Waals surface area contributed by atoms with Gasteiger partial charge < -0.3 is 19.5 Å². The number of nitrogens with one attached hydrogen (secondary N) is 1. The first kappa shape index (κ1) is 17.8. The summed E-state index contributed by atoms with van der Waals surface area (Å²) in [4.78, 5) is 0. The van der Waals surface area contributed by atoms with Gasteiger partial charge in [-0.25, -0.2) is 0 Å². The van der Waals surface area contributed by atoms with Crippen LogP contribution in [0.3, 0.4) is 0 Å². The Balaban J connectivity index is 1.48. The average molecular weight is 341 g/mol. The lowest BCUT2D eigenvalue weighted by molar-refractivity contribution is 0.110. The van der Waals surface area contributed by atoms with Crippen molar-refractivity contribution in [3.05, 3.63) is 59.7 Å². The van der Waals surface area contributed by atoms with Gasteiger partial charge in [0.15, 0.2) is 11.5 Å². The summed E-state index contributed by atoms with van der Waals surface area (Å²) in [5.41, 5.74) is 2.46. The molecule has 1 aliphatic heterocycles. The van der Waals surface area contributed by atoms with E-state index in [4.69, 9.17) is 14.2 Å². The molecular formula is C21H27NO3. The summed E-state index contributed by atoms with van der Waals surface area (Å²) in [6.07, 6.45) is 3.58. The maximum Gasteiger partial charge on any atom is 0.161 e. The second-order valence-corrected chi connectivity index (χ2v) is 6.34. The number of benzene rings is 2. The van der Waals surface area contributed by atoms with Gasteiger partial charge in [-0.3, -0.25) is 0 Å². The number of ether oxygens (including phenoxy) is 3. The lowest BCUT2D eigenvalue weighted by Crippen LogP contribution is -2.25. The van der Waals surface area contributed by atoms with Crippen molar-refractivity contribution >= 4 is 0 Å². The standard InChI is InChI=1S/C21H27NO3/c1-23-21-14-18(15-22-16-19-8-5-12-24-19)9-10-20(21)25-13-11-17-6-3-2-4-7-17/h2-4,6-7,9-10,14,19,22H,5,8,11-13,15-16H2,1H3/t19-/m1/s1. The largest absolute Gasteiger partial charge is 0.493 e. The summed E-state index contributed by atoms with van der Waals surface area (Å²) in [7, 11) is 1.68. The summed E-state index contributed by atoms with van der Waals surface area (Å²) >= 11 is 0. The summed E-state index contributed by atoms with van der Waals surface area (Å²) < 4.78 is 17.0. The van der Waals surface area contributed by atoms with E-state index in [0.717, 1.165) is 44.0 Å². The SMILES string of the molecule is COc1cc(CNC[C@H]2CCCO2)ccc1OCCc1ccccc1. The van der Waals surface area contributed by atoms with Crippen LogP contribution in [0.25, 0.3) is 0 Å². The molecule has 1 heterocycles. The molecule has 0 saturated carbocycles. The summed E-state index contributed by atoms with van der Waals surface area (Å²) in [5.74, 6) is 1.57. The fourth-order valence-corrected chi connectivity index (χ4v) is 3.05. The van der Waals surface area contributed by atoms with E-state index < -0.39 is 0 Å². The zero-order valence-electron chi connectivity index (χ0n) is 14.9. The maximum absolute atomic E-state index is 5.91. The molecule has 1 fully saturated rings. The molecule has 2 aromatic carbocycles. The normalized spacial score (nSPS) is 16.8. The molecular weight excluding hydrogens is 314 g/mol. The minimum atomic E-state index is 0.363. The van der Waals surface area contributed by atoms with Crippen LogP contribution < -0.4 is 14.8 Å². The predicted molar refractivity (Wildman–Crippen MR) is 99.3 cm³/mol. The second kappa shape index (κ2) is 9.44. The van der Waals surface area contributed by atoms with Crippen LogP contribution in [-0.4, -0.2) is 33.0 Å². The van der Waals surface area contributed by atoms with E-state index >= 15 is 0 Å². The Hall–Kier alpha value is -2.04. The zero-order valence-corrected chi connectivity index (χ0v) is 14.9. The van der Waals surface area contributed by atoms with Crippen LogP contribution in [0.5, 0.6) is 11.5 Å². The first-order valence-electron chi connectivity index (χ1n) is 9.01. The third-order valence-electron chi connectivity index (χ3n) is 4.44. The molecule has 1 N–H and O–H groups in total. The van der Waals surface area contributed by atoms with Gasteiger partial charge in [0.05, 0.1) is 19.8 Å². The Morgan fingerprint density at radius 3 is 2.72 bits per heavy atom. The Bertz CT molecular complexity index is 639. The van der Waals surface area contributed by atoms with Crippen molar-refractivity contribution in [3.8, 4) is 11.5 Å². The highest BCUT2D eigenvalue weighted by atomic mass is 16.5. The van der Waals surface area contributed by atoms with Gasteiger partial charge in [0.25, 0.3) is 0 Å². The fourth-order valence-electron chi connectivity index (χ4n) is 3.05. The molecule has 3 rings (SSSR count). The van der Waals surface area contributed by atoms with Gasteiger partial charge in [0.2, 0.25) is 0 Å². The molecule has 134 valence electrons. The molecule has 0 bridgehead atoms. The molecule has 4 nitrogen and oxygen atoms in total. The van der Waals surface area contributed by atoms with Crippen molar-refractivity contribution in [2.75, 3.05) is 26.9 Å². The van der Waals surface area contributed by atoms with Gasteiger partial charge in [-0.1, -0.05) is 36.4 Å². The lowest BCUT2D eigenvalue weighted by Gasteiger charge is -2.14. The van der Waals surface area contributed by atoms with Crippen molar-refractivity contribution < 1.29 is 14.2 Å². The zero-order chi connectivity index (χ0) is 17.3. The Morgan fingerprint density at radius 1 is 1.08 bits per heavy atom. The monoisotopic (exact) mass is 341 g/mol. The third-order valence-corrected chi connectivity index (χ3v) is 4.44. The van der Waals surface area contributed by atoms with Crippen molar-refractivity contribution in [1.82, 2.24) is 5.32 Å². The van der Waals surface area contributed by atoms with Crippen molar-refractivity contribution in [1.29, 1.82) is 0 Å². The smallest absolute Gasteiger partial charge is 0.161 e. The minimum Gasteiger partial charge on any atom is -0.493 e. The number of hydrogen-bond donors (Lipinski definition) is 1. The molecule has 0 spiro atoms. The summed E-state index contributed by atoms with van der Waals surface area (Å²) in [6.45, 7) is 3.24. The van der Waals surface area contributed by atoms with Crippen LogP contribution in [0.1, 0.15) is 24.0 Å². The van der Waals surface area contributed by atoms with Gasteiger partial charge in [0, 0.05) is 26.1 Å². The summed E-state index contributed by atoms with van der Waals surface area (Å²) in [5, 5.41) is 3.46. The summed E-state index contributed by atoms with van der Waals surface area (Å²) in [6, 6.07) is 16.5. The lowest BCUT2D eigenvalue weighted by atomic mass is 10.1. The van der Waals surface area contributed by atoms with E-state index in [2.05, 4.69) is 23.5 Å². The van der Waals surface area contributed by atoms with Gasteiger partial charge >= 0.3 is 0 Å². The molecule has 0 radical (unpaired) electrons. The van der Waals surface area contributed by atoms with Gasteiger partial charge in [0.1, 0.15) is 0 Å². The number of methoxy groups -OCH3 is 1. The quantitative estimate of drug-likeness (QED) is 0.757. The highest BCUT2D eigenvalue weighted by Crippen LogP contribution is 2.28. The molecule has 1 saturated heterocycles. The van der Waals surface area contributed by atoms with Gasteiger partial charge in [-0.05, 0) is 36.1 Å². The fraction of sp³-hybridized carbons (Fsp3) is 0.429. The number of rotatable bonds is 9. The predicted octanol–water partition coefficient (Wildman–Crippen LogP) is 3.59. The second-order valence-electron chi connectivity index (χ2n) is 6.34. The highest BCUT2D eigenvalue weighted by molar-refractivity contribution is 5.43. The van der Waals surface area contributed by atoms with E-state index in [9.17, 15) is 0 Å². The Labute approximate surface area is 150 Å². The van der Waals surface area contributed by atoms with Crippen molar-refractivity contribution in [2.24, 2.45) is 0 Å². The third kappa shape index (κ3) is 5.48. The topological polar surface area (TPSA) is 39.7 Å². The maximum atomic E-state index is 5.91. The molecule has 4 heteroatoms.